The lowest BCUT2D eigenvalue weighted by Gasteiger charge is -2.00. The lowest BCUT2D eigenvalue weighted by atomic mass is 10.1. The van der Waals surface area contributed by atoms with Crippen LogP contribution >= 0.6 is 0 Å². The molecule has 2 rings (SSSR count). The van der Waals surface area contributed by atoms with E-state index in [0.29, 0.717) is 0 Å². The van der Waals surface area contributed by atoms with Crippen molar-refractivity contribution in [2.45, 2.75) is 20.3 Å². The zero-order valence-electron chi connectivity index (χ0n) is 11.6. The SMILES string of the molecule is CCOC(=O)/C(C#N)=C/c1c[nH]c2c(CC)cccc12. The van der Waals surface area contributed by atoms with Gasteiger partial charge < -0.3 is 9.72 Å². The van der Waals surface area contributed by atoms with Crippen molar-refractivity contribution in [3.05, 3.63) is 41.1 Å². The molecule has 0 aliphatic rings. The number of para-hydroxylation sites is 1. The third kappa shape index (κ3) is 2.57. The van der Waals surface area contributed by atoms with Crippen LogP contribution in [-0.2, 0) is 16.0 Å². The molecule has 1 aromatic carbocycles. The van der Waals surface area contributed by atoms with Crippen LogP contribution in [0.3, 0.4) is 0 Å². The van der Waals surface area contributed by atoms with Gasteiger partial charge in [0.05, 0.1) is 6.61 Å². The van der Waals surface area contributed by atoms with Crippen LogP contribution in [-0.4, -0.2) is 17.6 Å². The Morgan fingerprint density at radius 3 is 2.90 bits per heavy atom. The van der Waals surface area contributed by atoms with Crippen molar-refractivity contribution in [3.63, 3.8) is 0 Å². The lowest BCUT2D eigenvalue weighted by molar-refractivity contribution is -0.137. The molecule has 0 fully saturated rings. The van der Waals surface area contributed by atoms with Gasteiger partial charge in [0.25, 0.3) is 0 Å². The second-order valence-corrected chi connectivity index (χ2v) is 4.33. The summed E-state index contributed by atoms with van der Waals surface area (Å²) in [6.07, 6.45) is 4.29. The molecule has 0 unspecified atom stereocenters. The number of nitriles is 1. The summed E-state index contributed by atoms with van der Waals surface area (Å²) in [7, 11) is 0. The molecule has 4 heteroatoms. The number of benzene rings is 1. The van der Waals surface area contributed by atoms with Gasteiger partial charge in [0.15, 0.2) is 0 Å². The minimum atomic E-state index is -0.587. The topological polar surface area (TPSA) is 65.9 Å². The molecular weight excluding hydrogens is 252 g/mol. The van der Waals surface area contributed by atoms with E-state index in [4.69, 9.17) is 10.00 Å². The van der Waals surface area contributed by atoms with E-state index in [0.717, 1.165) is 22.9 Å². The standard InChI is InChI=1S/C16H16N2O2/c1-3-11-6-5-7-14-13(10-18-15(11)14)8-12(9-17)16(19)20-4-2/h5-8,10,18H,3-4H2,1-2H3/b12-8+. The first kappa shape index (κ1) is 13.9. The maximum atomic E-state index is 11.6. The van der Waals surface area contributed by atoms with Crippen molar-refractivity contribution < 1.29 is 9.53 Å². The molecule has 0 saturated heterocycles. The van der Waals surface area contributed by atoms with Crippen LogP contribution in [0.5, 0.6) is 0 Å². The number of aromatic amines is 1. The predicted octanol–water partition coefficient (Wildman–Crippen LogP) is 3.20. The van der Waals surface area contributed by atoms with Gasteiger partial charge >= 0.3 is 5.97 Å². The van der Waals surface area contributed by atoms with Gasteiger partial charge in [0, 0.05) is 22.7 Å². The average Bonchev–Trinajstić information content (AvgIpc) is 2.87. The van der Waals surface area contributed by atoms with Gasteiger partial charge in [0.2, 0.25) is 0 Å². The van der Waals surface area contributed by atoms with Crippen molar-refractivity contribution >= 4 is 22.9 Å². The number of ether oxygens (including phenoxy) is 1. The van der Waals surface area contributed by atoms with E-state index in [1.165, 1.54) is 5.56 Å². The van der Waals surface area contributed by atoms with Gasteiger partial charge in [-0.25, -0.2) is 4.79 Å². The first-order valence-electron chi connectivity index (χ1n) is 6.59. The molecule has 0 atom stereocenters. The molecule has 0 radical (unpaired) electrons. The smallest absolute Gasteiger partial charge is 0.348 e. The molecule has 4 nitrogen and oxygen atoms in total. The van der Waals surface area contributed by atoms with E-state index in [-0.39, 0.29) is 12.2 Å². The van der Waals surface area contributed by atoms with Crippen molar-refractivity contribution in [2.75, 3.05) is 6.61 Å². The molecule has 102 valence electrons. The monoisotopic (exact) mass is 268 g/mol. The van der Waals surface area contributed by atoms with E-state index < -0.39 is 5.97 Å². The number of H-pyrrole nitrogens is 1. The van der Waals surface area contributed by atoms with E-state index in [1.54, 1.807) is 19.2 Å². The highest BCUT2D eigenvalue weighted by Crippen LogP contribution is 2.24. The van der Waals surface area contributed by atoms with E-state index in [9.17, 15) is 4.79 Å². The number of carbonyl (C=O) groups excluding carboxylic acids is 1. The molecule has 0 bridgehead atoms. The summed E-state index contributed by atoms with van der Waals surface area (Å²) < 4.78 is 4.86. The summed E-state index contributed by atoms with van der Waals surface area (Å²) in [4.78, 5) is 14.8. The maximum absolute atomic E-state index is 11.6. The number of nitrogens with one attached hydrogen (secondary N) is 1. The fourth-order valence-electron chi connectivity index (χ4n) is 2.15. The third-order valence-corrected chi connectivity index (χ3v) is 3.13. The van der Waals surface area contributed by atoms with Crippen LogP contribution in [0, 0.1) is 11.3 Å². The summed E-state index contributed by atoms with van der Waals surface area (Å²) in [6, 6.07) is 7.89. The molecule has 0 saturated carbocycles. The fraction of sp³-hybridized carbons (Fsp3) is 0.250. The molecule has 2 aromatic rings. The van der Waals surface area contributed by atoms with Crippen LogP contribution < -0.4 is 0 Å². The number of nitrogens with zero attached hydrogens (tertiary/aromatic N) is 1. The Hall–Kier alpha value is -2.54. The zero-order valence-corrected chi connectivity index (χ0v) is 11.6. The first-order chi connectivity index (χ1) is 9.71. The van der Waals surface area contributed by atoms with Gasteiger partial charge in [0.1, 0.15) is 11.6 Å². The largest absolute Gasteiger partial charge is 0.462 e. The summed E-state index contributed by atoms with van der Waals surface area (Å²) >= 11 is 0. The molecule has 20 heavy (non-hydrogen) atoms. The van der Waals surface area contributed by atoms with Crippen molar-refractivity contribution in [1.29, 1.82) is 5.26 Å². The number of carbonyl (C=O) groups is 1. The second-order valence-electron chi connectivity index (χ2n) is 4.33. The summed E-state index contributed by atoms with van der Waals surface area (Å²) in [5.74, 6) is -0.587. The van der Waals surface area contributed by atoms with Crippen LogP contribution in [0.15, 0.2) is 30.0 Å². The minimum Gasteiger partial charge on any atom is -0.462 e. The summed E-state index contributed by atoms with van der Waals surface area (Å²) in [5, 5.41) is 10.1. The molecular formula is C16H16N2O2. The minimum absolute atomic E-state index is 0.00894. The number of hydrogen-bond donors (Lipinski definition) is 1. The van der Waals surface area contributed by atoms with Crippen molar-refractivity contribution in [2.24, 2.45) is 0 Å². The molecule has 1 aromatic heterocycles. The number of aromatic nitrogens is 1. The van der Waals surface area contributed by atoms with Gasteiger partial charge in [-0.1, -0.05) is 25.1 Å². The Balaban J connectivity index is 2.48. The molecule has 0 aliphatic carbocycles. The summed E-state index contributed by atoms with van der Waals surface area (Å²) in [5.41, 5.74) is 3.08. The van der Waals surface area contributed by atoms with Gasteiger partial charge in [-0.2, -0.15) is 5.26 Å². The Bertz CT molecular complexity index is 705. The lowest BCUT2D eigenvalue weighted by Crippen LogP contribution is -2.05. The first-order valence-corrected chi connectivity index (χ1v) is 6.59. The Morgan fingerprint density at radius 1 is 1.45 bits per heavy atom. The Kier molecular flexibility index (Phi) is 4.21. The highest BCUT2D eigenvalue weighted by Gasteiger charge is 2.12. The highest BCUT2D eigenvalue weighted by molar-refractivity contribution is 6.01. The van der Waals surface area contributed by atoms with Crippen molar-refractivity contribution in [3.8, 4) is 6.07 Å². The van der Waals surface area contributed by atoms with Gasteiger partial charge in [-0.3, -0.25) is 0 Å². The number of esters is 1. The maximum Gasteiger partial charge on any atom is 0.348 e. The fourth-order valence-corrected chi connectivity index (χ4v) is 2.15. The van der Waals surface area contributed by atoms with Crippen LogP contribution in [0.25, 0.3) is 17.0 Å². The molecule has 0 amide bonds. The van der Waals surface area contributed by atoms with E-state index in [2.05, 4.69) is 18.0 Å². The Labute approximate surface area is 117 Å². The van der Waals surface area contributed by atoms with E-state index >= 15 is 0 Å². The van der Waals surface area contributed by atoms with E-state index in [1.807, 2.05) is 18.2 Å². The highest BCUT2D eigenvalue weighted by atomic mass is 16.5. The van der Waals surface area contributed by atoms with Gasteiger partial charge in [-0.05, 0) is 25.0 Å². The normalized spacial score (nSPS) is 11.3. The quantitative estimate of drug-likeness (QED) is 0.526. The predicted molar refractivity (Wildman–Crippen MR) is 77.9 cm³/mol. The third-order valence-electron chi connectivity index (χ3n) is 3.13. The van der Waals surface area contributed by atoms with Crippen molar-refractivity contribution in [1.82, 2.24) is 4.98 Å². The van der Waals surface area contributed by atoms with Gasteiger partial charge in [-0.15, -0.1) is 0 Å². The van der Waals surface area contributed by atoms with Crippen LogP contribution in [0.4, 0.5) is 0 Å². The number of aryl methyl sites for hydroxylation is 1. The second kappa shape index (κ2) is 6.07. The number of rotatable bonds is 4. The number of fused-ring (bicyclic) bond motifs is 1. The molecule has 1 heterocycles. The van der Waals surface area contributed by atoms with Crippen LogP contribution in [0.1, 0.15) is 25.0 Å². The zero-order chi connectivity index (χ0) is 14.5. The number of hydrogen-bond acceptors (Lipinski definition) is 3. The summed E-state index contributed by atoms with van der Waals surface area (Å²) in [6.45, 7) is 4.06. The Morgan fingerprint density at radius 2 is 2.25 bits per heavy atom. The molecule has 1 N–H and O–H groups in total. The van der Waals surface area contributed by atoms with Crippen LogP contribution in [0.2, 0.25) is 0 Å². The average molecular weight is 268 g/mol. The molecule has 0 spiro atoms. The molecule has 0 aliphatic heterocycles.